The van der Waals surface area contributed by atoms with Gasteiger partial charge in [-0.2, -0.15) is 4.98 Å². The number of hydrogen-bond donors (Lipinski definition) is 0. The number of para-hydroxylation sites is 1. The highest BCUT2D eigenvalue weighted by molar-refractivity contribution is 7.15. The molecule has 0 unspecified atom stereocenters. The topological polar surface area (TPSA) is 94.6 Å². The molecule has 2 heterocycles. The molecular formula is C17H9N3O4S. The monoisotopic (exact) mass is 351 g/mol. The van der Waals surface area contributed by atoms with E-state index in [0.717, 1.165) is 11.3 Å². The van der Waals surface area contributed by atoms with Gasteiger partial charge in [0.05, 0.1) is 20.4 Å². The highest BCUT2D eigenvalue weighted by Gasteiger charge is 2.11. The quantitative estimate of drug-likeness (QED) is 0.405. The van der Waals surface area contributed by atoms with Crippen molar-refractivity contribution in [2.45, 2.75) is 0 Å². The van der Waals surface area contributed by atoms with Gasteiger partial charge in [0.15, 0.2) is 0 Å². The molecule has 0 bridgehead atoms. The summed E-state index contributed by atoms with van der Waals surface area (Å²) in [5.74, 6) is 0. The Balaban J connectivity index is 2.04. The second-order valence-corrected chi connectivity index (χ2v) is 6.33. The summed E-state index contributed by atoms with van der Waals surface area (Å²) >= 11 is 1.08. The van der Waals surface area contributed by atoms with Crippen LogP contribution >= 0.6 is 11.3 Å². The highest BCUT2D eigenvalue weighted by Crippen LogP contribution is 2.14. The summed E-state index contributed by atoms with van der Waals surface area (Å²) in [6, 6.07) is 12.8. The van der Waals surface area contributed by atoms with Crippen molar-refractivity contribution in [3.05, 3.63) is 89.4 Å². The first-order valence-electron chi connectivity index (χ1n) is 7.25. The van der Waals surface area contributed by atoms with Gasteiger partial charge in [-0.15, -0.1) is 0 Å². The van der Waals surface area contributed by atoms with Crippen LogP contribution in [0.3, 0.4) is 0 Å². The highest BCUT2D eigenvalue weighted by atomic mass is 32.1. The molecule has 0 spiro atoms. The normalized spacial score (nSPS) is 12.1. The largest absolute Gasteiger partial charge is 0.281 e. The number of thiazole rings is 1. The molecule has 8 heteroatoms. The molecule has 4 aromatic rings. The van der Waals surface area contributed by atoms with Crippen molar-refractivity contribution in [1.82, 2.24) is 9.38 Å². The number of aromatic nitrogens is 2. The first-order valence-corrected chi connectivity index (χ1v) is 8.07. The molecule has 0 atom stereocenters. The van der Waals surface area contributed by atoms with Crippen LogP contribution in [0.15, 0.2) is 58.1 Å². The summed E-state index contributed by atoms with van der Waals surface area (Å²) in [6.07, 6.45) is 1.56. The van der Waals surface area contributed by atoms with E-state index in [0.29, 0.717) is 26.0 Å². The fourth-order valence-electron chi connectivity index (χ4n) is 2.64. The van der Waals surface area contributed by atoms with Gasteiger partial charge in [-0.1, -0.05) is 35.6 Å². The van der Waals surface area contributed by atoms with E-state index in [9.17, 15) is 19.7 Å². The molecule has 2 aromatic carbocycles. The predicted molar refractivity (Wildman–Crippen MR) is 95.0 cm³/mol. The van der Waals surface area contributed by atoms with Crippen LogP contribution in [0.5, 0.6) is 0 Å². The predicted octanol–water partition coefficient (Wildman–Crippen LogP) is 1.73. The number of hydrogen-bond acceptors (Lipinski definition) is 6. The van der Waals surface area contributed by atoms with Crippen molar-refractivity contribution in [2.24, 2.45) is 0 Å². The third-order valence-electron chi connectivity index (χ3n) is 3.76. The van der Waals surface area contributed by atoms with Crippen LogP contribution < -0.4 is 15.7 Å². The number of non-ortho nitro benzene ring substituents is 1. The van der Waals surface area contributed by atoms with Crippen LogP contribution in [0, 0.1) is 10.1 Å². The van der Waals surface area contributed by atoms with E-state index >= 15 is 0 Å². The van der Waals surface area contributed by atoms with E-state index in [1.54, 1.807) is 42.5 Å². The van der Waals surface area contributed by atoms with E-state index in [2.05, 4.69) is 4.98 Å². The maximum atomic E-state index is 12.7. The van der Waals surface area contributed by atoms with E-state index in [1.165, 1.54) is 16.5 Å². The van der Waals surface area contributed by atoms with Crippen molar-refractivity contribution in [3.8, 4) is 0 Å². The molecule has 122 valence electrons. The second-order valence-electron chi connectivity index (χ2n) is 5.32. The van der Waals surface area contributed by atoms with Gasteiger partial charge in [-0.3, -0.25) is 24.1 Å². The maximum Gasteiger partial charge on any atom is 0.281 e. The van der Waals surface area contributed by atoms with Gasteiger partial charge in [0.1, 0.15) is 0 Å². The molecule has 0 N–H and O–H groups in total. The lowest BCUT2D eigenvalue weighted by Gasteiger charge is -1.97. The van der Waals surface area contributed by atoms with Crippen molar-refractivity contribution in [1.29, 1.82) is 0 Å². The molecule has 0 saturated carbocycles. The first-order chi connectivity index (χ1) is 12.0. The van der Waals surface area contributed by atoms with Crippen molar-refractivity contribution in [3.63, 3.8) is 0 Å². The number of nitrogens with zero attached hydrogens (tertiary/aromatic N) is 3. The number of nitro benzene ring substituents is 1. The fourth-order valence-corrected chi connectivity index (χ4v) is 3.61. The standard InChI is InChI=1S/C17H9N3O4S/c21-15-12-6-1-2-7-13(12)19-16(22)14(25-17(19)18-15)9-10-4-3-5-11(8-10)20(23)24/h1-9H/b14-9-. The molecule has 0 radical (unpaired) electrons. The molecule has 0 aliphatic rings. The van der Waals surface area contributed by atoms with Crippen molar-refractivity contribution in [2.75, 3.05) is 0 Å². The van der Waals surface area contributed by atoms with Gasteiger partial charge in [-0.05, 0) is 23.8 Å². The molecule has 0 amide bonds. The summed E-state index contributed by atoms with van der Waals surface area (Å²) in [7, 11) is 0. The SMILES string of the molecule is O=c1nc2s/c(=C\c3cccc([N+](=O)[O-])c3)c(=O)n2c2ccccc12. The van der Waals surface area contributed by atoms with Crippen LogP contribution in [0.1, 0.15) is 5.56 Å². The van der Waals surface area contributed by atoms with Gasteiger partial charge in [-0.25, -0.2) is 0 Å². The lowest BCUT2D eigenvalue weighted by molar-refractivity contribution is -0.384. The van der Waals surface area contributed by atoms with Gasteiger partial charge in [0.25, 0.3) is 16.8 Å². The summed E-state index contributed by atoms with van der Waals surface area (Å²) in [5.41, 5.74) is 0.275. The Bertz CT molecular complexity index is 1320. The summed E-state index contributed by atoms with van der Waals surface area (Å²) in [4.78, 5) is 39.5. The average Bonchev–Trinajstić information content (AvgIpc) is 2.91. The van der Waals surface area contributed by atoms with Gasteiger partial charge in [0.2, 0.25) is 4.96 Å². The summed E-state index contributed by atoms with van der Waals surface area (Å²) in [6.45, 7) is 0. The molecule has 0 fully saturated rings. The lowest BCUT2D eigenvalue weighted by atomic mass is 10.2. The molecule has 7 nitrogen and oxygen atoms in total. The zero-order chi connectivity index (χ0) is 17.6. The smallest absolute Gasteiger partial charge is 0.267 e. The fraction of sp³-hybridized carbons (Fsp3) is 0. The Labute approximate surface area is 143 Å². The second kappa shape index (κ2) is 5.60. The van der Waals surface area contributed by atoms with Crippen LogP contribution in [0.4, 0.5) is 5.69 Å². The third kappa shape index (κ3) is 2.48. The number of fused-ring (bicyclic) bond motifs is 3. The zero-order valence-corrected chi connectivity index (χ0v) is 13.4. The Kier molecular flexibility index (Phi) is 3.40. The van der Waals surface area contributed by atoms with Gasteiger partial charge >= 0.3 is 0 Å². The number of benzene rings is 2. The minimum absolute atomic E-state index is 0.0552. The summed E-state index contributed by atoms with van der Waals surface area (Å²) < 4.78 is 1.74. The Morgan fingerprint density at radius 3 is 2.72 bits per heavy atom. The third-order valence-corrected chi connectivity index (χ3v) is 4.73. The maximum absolute atomic E-state index is 12.7. The van der Waals surface area contributed by atoms with E-state index in [-0.39, 0.29) is 11.2 Å². The van der Waals surface area contributed by atoms with Gasteiger partial charge < -0.3 is 0 Å². The lowest BCUT2D eigenvalue weighted by Crippen LogP contribution is -2.24. The molecule has 4 rings (SSSR count). The minimum Gasteiger partial charge on any atom is -0.267 e. The van der Waals surface area contributed by atoms with Crippen molar-refractivity contribution < 1.29 is 4.92 Å². The van der Waals surface area contributed by atoms with Crippen molar-refractivity contribution >= 4 is 39.0 Å². The Hall–Kier alpha value is -3.39. The minimum atomic E-state index is -0.492. The van der Waals surface area contributed by atoms with Crippen LogP contribution in [0.25, 0.3) is 21.9 Å². The van der Waals surface area contributed by atoms with E-state index < -0.39 is 10.5 Å². The first kappa shape index (κ1) is 15.2. The van der Waals surface area contributed by atoms with Crippen LogP contribution in [-0.2, 0) is 0 Å². The molecule has 0 aliphatic heterocycles. The zero-order valence-electron chi connectivity index (χ0n) is 12.6. The Morgan fingerprint density at radius 1 is 1.12 bits per heavy atom. The number of rotatable bonds is 2. The van der Waals surface area contributed by atoms with Crippen LogP contribution in [-0.4, -0.2) is 14.3 Å². The van der Waals surface area contributed by atoms with Crippen LogP contribution in [0.2, 0.25) is 0 Å². The van der Waals surface area contributed by atoms with E-state index in [1.807, 2.05) is 0 Å². The Morgan fingerprint density at radius 2 is 1.92 bits per heavy atom. The average molecular weight is 351 g/mol. The molecular weight excluding hydrogens is 342 g/mol. The molecule has 0 aliphatic carbocycles. The molecule has 2 aromatic heterocycles. The van der Waals surface area contributed by atoms with Gasteiger partial charge in [0, 0.05) is 12.1 Å². The summed E-state index contributed by atoms with van der Waals surface area (Å²) in [5, 5.41) is 11.3. The molecule has 0 saturated heterocycles. The van der Waals surface area contributed by atoms with E-state index in [4.69, 9.17) is 0 Å². The number of nitro groups is 1. The molecule has 25 heavy (non-hydrogen) atoms.